The van der Waals surface area contributed by atoms with E-state index < -0.39 is 0 Å². The zero-order valence-corrected chi connectivity index (χ0v) is 10.8. The minimum atomic E-state index is 0.0565. The van der Waals surface area contributed by atoms with E-state index in [0.717, 1.165) is 17.5 Å². The second-order valence-electron chi connectivity index (χ2n) is 4.17. The Bertz CT molecular complexity index is 363. The lowest BCUT2D eigenvalue weighted by Crippen LogP contribution is -2.28. The summed E-state index contributed by atoms with van der Waals surface area (Å²) in [6, 6.07) is 7.64. The molecule has 0 saturated carbocycles. The monoisotopic (exact) mass is 239 g/mol. The summed E-state index contributed by atoms with van der Waals surface area (Å²) < 4.78 is 0. The van der Waals surface area contributed by atoms with Crippen molar-refractivity contribution in [3.8, 4) is 0 Å². The molecule has 1 unspecified atom stereocenters. The SMILES string of the molecule is Cc1cccc(C(=O)N(C)CCC(C)Cl)c1. The highest BCUT2D eigenvalue weighted by Gasteiger charge is 2.11. The lowest BCUT2D eigenvalue weighted by molar-refractivity contribution is 0.0793. The van der Waals surface area contributed by atoms with E-state index in [1.54, 1.807) is 4.90 Å². The number of amides is 1. The number of alkyl halides is 1. The van der Waals surface area contributed by atoms with E-state index in [1.165, 1.54) is 0 Å². The van der Waals surface area contributed by atoms with Gasteiger partial charge in [0.1, 0.15) is 0 Å². The molecule has 0 aromatic heterocycles. The Labute approximate surface area is 102 Å². The van der Waals surface area contributed by atoms with Crippen LogP contribution < -0.4 is 0 Å². The molecule has 16 heavy (non-hydrogen) atoms. The first-order valence-corrected chi connectivity index (χ1v) is 5.90. The van der Waals surface area contributed by atoms with Gasteiger partial charge in [0, 0.05) is 24.5 Å². The number of benzene rings is 1. The summed E-state index contributed by atoms with van der Waals surface area (Å²) in [5, 5.41) is 0.104. The van der Waals surface area contributed by atoms with Crippen molar-refractivity contribution in [2.75, 3.05) is 13.6 Å². The third-order valence-electron chi connectivity index (χ3n) is 2.47. The van der Waals surface area contributed by atoms with Crippen molar-refractivity contribution >= 4 is 17.5 Å². The number of hydrogen-bond acceptors (Lipinski definition) is 1. The van der Waals surface area contributed by atoms with Crippen molar-refractivity contribution in [2.24, 2.45) is 0 Å². The Kier molecular flexibility index (Phi) is 4.81. The molecule has 0 fully saturated rings. The summed E-state index contributed by atoms with van der Waals surface area (Å²) in [5.41, 5.74) is 1.84. The smallest absolute Gasteiger partial charge is 0.253 e. The lowest BCUT2D eigenvalue weighted by atomic mass is 10.1. The molecule has 0 aliphatic rings. The fourth-order valence-corrected chi connectivity index (χ4v) is 1.57. The van der Waals surface area contributed by atoms with Crippen LogP contribution in [-0.2, 0) is 0 Å². The summed E-state index contributed by atoms with van der Waals surface area (Å²) in [5.74, 6) is 0.0565. The van der Waals surface area contributed by atoms with E-state index in [9.17, 15) is 4.79 Å². The Balaban J connectivity index is 2.63. The van der Waals surface area contributed by atoms with E-state index in [-0.39, 0.29) is 11.3 Å². The topological polar surface area (TPSA) is 20.3 Å². The van der Waals surface area contributed by atoms with Crippen molar-refractivity contribution in [2.45, 2.75) is 25.6 Å². The molecule has 0 aliphatic heterocycles. The fraction of sp³-hybridized carbons (Fsp3) is 0.462. The molecular formula is C13H18ClNO. The number of nitrogens with zero attached hydrogens (tertiary/aromatic N) is 1. The number of halogens is 1. The van der Waals surface area contributed by atoms with Crippen LogP contribution in [0.5, 0.6) is 0 Å². The molecule has 0 N–H and O–H groups in total. The summed E-state index contributed by atoms with van der Waals surface area (Å²) in [7, 11) is 1.81. The summed E-state index contributed by atoms with van der Waals surface area (Å²) in [4.78, 5) is 13.7. The minimum Gasteiger partial charge on any atom is -0.342 e. The zero-order chi connectivity index (χ0) is 12.1. The maximum absolute atomic E-state index is 12.0. The molecule has 1 aromatic carbocycles. The quantitative estimate of drug-likeness (QED) is 0.740. The van der Waals surface area contributed by atoms with E-state index in [2.05, 4.69) is 0 Å². The molecule has 0 radical (unpaired) electrons. The predicted molar refractivity (Wildman–Crippen MR) is 68.1 cm³/mol. The van der Waals surface area contributed by atoms with Gasteiger partial charge in [0.15, 0.2) is 0 Å². The van der Waals surface area contributed by atoms with Crippen LogP contribution >= 0.6 is 11.6 Å². The van der Waals surface area contributed by atoms with Crippen molar-refractivity contribution in [3.63, 3.8) is 0 Å². The molecule has 3 heteroatoms. The maximum Gasteiger partial charge on any atom is 0.253 e. The van der Waals surface area contributed by atoms with Gasteiger partial charge in [-0.1, -0.05) is 17.7 Å². The molecule has 1 atom stereocenters. The molecule has 1 rings (SSSR count). The number of carbonyl (C=O) groups is 1. The van der Waals surface area contributed by atoms with Gasteiger partial charge in [-0.25, -0.2) is 0 Å². The summed E-state index contributed by atoms with van der Waals surface area (Å²) >= 11 is 5.86. The van der Waals surface area contributed by atoms with Crippen LogP contribution in [0.25, 0.3) is 0 Å². The fourth-order valence-electron chi connectivity index (χ4n) is 1.47. The van der Waals surface area contributed by atoms with Crippen molar-refractivity contribution in [3.05, 3.63) is 35.4 Å². The Morgan fingerprint density at radius 1 is 1.50 bits per heavy atom. The molecule has 0 aliphatic carbocycles. The normalized spacial score (nSPS) is 12.2. The molecule has 1 amide bonds. The van der Waals surface area contributed by atoms with Gasteiger partial charge in [-0.3, -0.25) is 4.79 Å². The molecule has 2 nitrogen and oxygen atoms in total. The Morgan fingerprint density at radius 2 is 2.19 bits per heavy atom. The van der Waals surface area contributed by atoms with Crippen LogP contribution in [0.3, 0.4) is 0 Å². The first-order valence-electron chi connectivity index (χ1n) is 5.47. The lowest BCUT2D eigenvalue weighted by Gasteiger charge is -2.18. The van der Waals surface area contributed by atoms with Crippen LogP contribution in [0.4, 0.5) is 0 Å². The van der Waals surface area contributed by atoms with Gasteiger partial charge in [-0.2, -0.15) is 0 Å². The largest absolute Gasteiger partial charge is 0.342 e. The highest BCUT2D eigenvalue weighted by Crippen LogP contribution is 2.08. The van der Waals surface area contributed by atoms with E-state index >= 15 is 0 Å². The first-order chi connectivity index (χ1) is 7.50. The molecule has 0 heterocycles. The first kappa shape index (κ1) is 13.0. The number of rotatable bonds is 4. The highest BCUT2D eigenvalue weighted by atomic mass is 35.5. The van der Waals surface area contributed by atoms with Crippen molar-refractivity contribution < 1.29 is 4.79 Å². The second kappa shape index (κ2) is 5.90. The van der Waals surface area contributed by atoms with Crippen LogP contribution in [-0.4, -0.2) is 29.8 Å². The van der Waals surface area contributed by atoms with Gasteiger partial charge in [-0.15, -0.1) is 11.6 Å². The molecule has 0 bridgehead atoms. The Hall–Kier alpha value is -1.02. The van der Waals surface area contributed by atoms with E-state index in [1.807, 2.05) is 45.2 Å². The van der Waals surface area contributed by atoms with E-state index in [0.29, 0.717) is 6.54 Å². The summed E-state index contributed by atoms with van der Waals surface area (Å²) in [6.45, 7) is 4.61. The second-order valence-corrected chi connectivity index (χ2v) is 4.91. The van der Waals surface area contributed by atoms with Gasteiger partial charge in [0.05, 0.1) is 0 Å². The van der Waals surface area contributed by atoms with Crippen LogP contribution in [0.1, 0.15) is 29.3 Å². The Morgan fingerprint density at radius 3 is 2.75 bits per heavy atom. The van der Waals surface area contributed by atoms with Crippen LogP contribution in [0, 0.1) is 6.92 Å². The van der Waals surface area contributed by atoms with Crippen LogP contribution in [0.2, 0.25) is 0 Å². The van der Waals surface area contributed by atoms with Crippen molar-refractivity contribution in [1.29, 1.82) is 0 Å². The molecule has 0 saturated heterocycles. The number of hydrogen-bond donors (Lipinski definition) is 0. The van der Waals surface area contributed by atoms with Gasteiger partial charge < -0.3 is 4.90 Å². The molecule has 88 valence electrons. The third-order valence-corrected chi connectivity index (χ3v) is 2.69. The standard InChI is InChI=1S/C13H18ClNO/c1-10-5-4-6-12(9-10)13(16)15(3)8-7-11(2)14/h4-6,9,11H,7-8H2,1-3H3. The minimum absolute atomic E-state index is 0.0565. The zero-order valence-electron chi connectivity index (χ0n) is 10.0. The van der Waals surface area contributed by atoms with Crippen molar-refractivity contribution in [1.82, 2.24) is 4.90 Å². The van der Waals surface area contributed by atoms with Gasteiger partial charge in [-0.05, 0) is 32.4 Å². The van der Waals surface area contributed by atoms with Crippen LogP contribution in [0.15, 0.2) is 24.3 Å². The van der Waals surface area contributed by atoms with Gasteiger partial charge in [0.25, 0.3) is 5.91 Å². The highest BCUT2D eigenvalue weighted by molar-refractivity contribution is 6.20. The van der Waals surface area contributed by atoms with Gasteiger partial charge >= 0.3 is 0 Å². The molecule has 0 spiro atoms. The van der Waals surface area contributed by atoms with Gasteiger partial charge in [0.2, 0.25) is 0 Å². The number of carbonyl (C=O) groups excluding carboxylic acids is 1. The van der Waals surface area contributed by atoms with E-state index in [4.69, 9.17) is 11.6 Å². The third kappa shape index (κ3) is 3.86. The maximum atomic E-state index is 12.0. The molecule has 1 aromatic rings. The average molecular weight is 240 g/mol. The predicted octanol–water partition coefficient (Wildman–Crippen LogP) is 3.08. The summed E-state index contributed by atoms with van der Waals surface area (Å²) in [6.07, 6.45) is 0.815. The molecular weight excluding hydrogens is 222 g/mol. The number of aryl methyl sites for hydroxylation is 1. The average Bonchev–Trinajstić information content (AvgIpc) is 2.24.